The van der Waals surface area contributed by atoms with Crippen LogP contribution >= 0.6 is 39.1 Å². The lowest BCUT2D eigenvalue weighted by atomic mass is 10.0. The molecule has 0 aliphatic carbocycles. The van der Waals surface area contributed by atoms with E-state index >= 15 is 0 Å². The van der Waals surface area contributed by atoms with Crippen LogP contribution < -0.4 is 9.62 Å². The summed E-state index contributed by atoms with van der Waals surface area (Å²) in [4.78, 5) is 29.3. The van der Waals surface area contributed by atoms with E-state index in [1.165, 1.54) is 4.90 Å². The minimum atomic E-state index is -3.86. The Morgan fingerprint density at radius 3 is 2.29 bits per heavy atom. The second-order valence-corrected chi connectivity index (χ2v) is 13.6. The van der Waals surface area contributed by atoms with Crippen LogP contribution in [0, 0.1) is 6.92 Å². The molecule has 0 aliphatic rings. The highest BCUT2D eigenvalue weighted by molar-refractivity contribution is 9.10. The Kier molecular flexibility index (Phi) is 11.7. The van der Waals surface area contributed by atoms with Gasteiger partial charge in [-0.3, -0.25) is 13.9 Å². The summed E-state index contributed by atoms with van der Waals surface area (Å²) in [7, 11) is -3.86. The maximum absolute atomic E-state index is 14.2. The van der Waals surface area contributed by atoms with Crippen molar-refractivity contribution in [3.8, 4) is 0 Å². The summed E-state index contributed by atoms with van der Waals surface area (Å²) in [6, 6.07) is 18.3. The topological polar surface area (TPSA) is 86.8 Å². The van der Waals surface area contributed by atoms with Gasteiger partial charge in [-0.15, -0.1) is 0 Å². The van der Waals surface area contributed by atoms with E-state index in [9.17, 15) is 18.0 Å². The molecule has 1 N–H and O–H groups in total. The van der Waals surface area contributed by atoms with Gasteiger partial charge in [-0.2, -0.15) is 0 Å². The van der Waals surface area contributed by atoms with Crippen molar-refractivity contribution in [3.05, 3.63) is 97.9 Å². The molecular weight excluding hydrogens is 649 g/mol. The maximum Gasteiger partial charge on any atom is 0.244 e. The minimum Gasteiger partial charge on any atom is -0.352 e. The number of amides is 2. The molecule has 3 aromatic carbocycles. The summed E-state index contributed by atoms with van der Waals surface area (Å²) in [6.07, 6.45) is 1.97. The fourth-order valence-electron chi connectivity index (χ4n) is 4.23. The number of benzene rings is 3. The molecule has 0 bridgehead atoms. The molecule has 3 aromatic rings. The van der Waals surface area contributed by atoms with Crippen LogP contribution in [0.3, 0.4) is 0 Å². The smallest absolute Gasteiger partial charge is 0.244 e. The first kappa shape index (κ1) is 32.9. The number of carbonyl (C=O) groups is 2. The van der Waals surface area contributed by atoms with Gasteiger partial charge in [0.1, 0.15) is 12.6 Å². The largest absolute Gasteiger partial charge is 0.352 e. The zero-order chi connectivity index (χ0) is 30.3. The van der Waals surface area contributed by atoms with Gasteiger partial charge in [0.15, 0.2) is 0 Å². The van der Waals surface area contributed by atoms with E-state index in [0.29, 0.717) is 27.7 Å². The number of halogens is 3. The quantitative estimate of drug-likeness (QED) is 0.240. The molecule has 3 rings (SSSR count). The van der Waals surface area contributed by atoms with Crippen LogP contribution in [0.15, 0.2) is 71.2 Å². The van der Waals surface area contributed by atoms with Gasteiger partial charge in [-0.25, -0.2) is 8.42 Å². The van der Waals surface area contributed by atoms with Crippen LogP contribution in [0.5, 0.6) is 0 Å². The summed E-state index contributed by atoms with van der Waals surface area (Å²) in [5, 5.41) is 3.76. The lowest BCUT2D eigenvalue weighted by Crippen LogP contribution is -2.54. The summed E-state index contributed by atoms with van der Waals surface area (Å²) in [6.45, 7) is 5.14. The molecule has 2 atom stereocenters. The molecule has 0 saturated carbocycles. The molecule has 41 heavy (non-hydrogen) atoms. The van der Waals surface area contributed by atoms with E-state index in [1.807, 2.05) is 51.1 Å². The number of aryl methyl sites for hydroxylation is 1. The Labute approximate surface area is 261 Å². The van der Waals surface area contributed by atoms with Gasteiger partial charge in [-0.05, 0) is 67.3 Å². The highest BCUT2D eigenvalue weighted by Crippen LogP contribution is 2.27. The van der Waals surface area contributed by atoms with Crippen LogP contribution in [-0.4, -0.2) is 50.0 Å². The van der Waals surface area contributed by atoms with E-state index in [4.69, 9.17) is 23.2 Å². The Bertz CT molecular complexity index is 1490. The van der Waals surface area contributed by atoms with Crippen molar-refractivity contribution >= 4 is 66.7 Å². The minimum absolute atomic E-state index is 0.0305. The van der Waals surface area contributed by atoms with E-state index in [0.717, 1.165) is 26.2 Å². The van der Waals surface area contributed by atoms with Gasteiger partial charge in [0.25, 0.3) is 0 Å². The molecule has 11 heteroatoms. The lowest BCUT2D eigenvalue weighted by Gasteiger charge is -2.34. The second kappa shape index (κ2) is 14.5. The average Bonchev–Trinajstić information content (AvgIpc) is 2.91. The fraction of sp³-hybridized carbons (Fsp3) is 0.333. The van der Waals surface area contributed by atoms with Crippen molar-refractivity contribution in [1.82, 2.24) is 10.2 Å². The molecule has 0 aromatic heterocycles. The number of nitrogens with one attached hydrogen (secondary N) is 1. The predicted molar refractivity (Wildman–Crippen MR) is 170 cm³/mol. The van der Waals surface area contributed by atoms with Crippen LogP contribution in [-0.2, 0) is 32.6 Å². The maximum atomic E-state index is 14.2. The third-order valence-electron chi connectivity index (χ3n) is 6.74. The summed E-state index contributed by atoms with van der Waals surface area (Å²) >= 11 is 16.1. The van der Waals surface area contributed by atoms with Crippen molar-refractivity contribution in [2.45, 2.75) is 52.2 Å². The zero-order valence-corrected chi connectivity index (χ0v) is 27.3. The predicted octanol–water partition coefficient (Wildman–Crippen LogP) is 6.39. The van der Waals surface area contributed by atoms with Crippen LogP contribution in [0.1, 0.15) is 37.0 Å². The molecule has 0 fully saturated rings. The van der Waals surface area contributed by atoms with Crippen molar-refractivity contribution in [3.63, 3.8) is 0 Å². The first-order valence-corrected chi connectivity index (χ1v) is 16.5. The molecule has 7 nitrogen and oxygen atoms in total. The number of anilines is 1. The first-order chi connectivity index (χ1) is 19.3. The lowest BCUT2D eigenvalue weighted by molar-refractivity contribution is -0.140. The normalized spacial score (nSPS) is 12.9. The molecule has 0 radical (unpaired) electrons. The van der Waals surface area contributed by atoms with Gasteiger partial charge >= 0.3 is 0 Å². The SMILES string of the molecule is CC[C@H](C)NC(=O)[C@H](Cc1ccccc1)N(Cc1ccc(Cl)cc1Cl)C(=O)CN(c1ccc(Br)c(C)c1)S(C)(=O)=O. The number of hydrogen-bond acceptors (Lipinski definition) is 4. The third-order valence-corrected chi connectivity index (χ3v) is 9.35. The fourth-order valence-corrected chi connectivity index (χ4v) is 5.78. The van der Waals surface area contributed by atoms with E-state index < -0.39 is 28.5 Å². The van der Waals surface area contributed by atoms with Gasteiger partial charge in [0.2, 0.25) is 21.8 Å². The molecule has 0 heterocycles. The molecular formula is C30H34BrCl2N3O4S. The van der Waals surface area contributed by atoms with Crippen LogP contribution in [0.25, 0.3) is 0 Å². The Morgan fingerprint density at radius 2 is 1.71 bits per heavy atom. The highest BCUT2D eigenvalue weighted by Gasteiger charge is 2.33. The monoisotopic (exact) mass is 681 g/mol. The number of hydrogen-bond donors (Lipinski definition) is 1. The molecule has 2 amide bonds. The number of sulfonamides is 1. The molecule has 0 spiro atoms. The van der Waals surface area contributed by atoms with Crippen molar-refractivity contribution in [1.29, 1.82) is 0 Å². The van der Waals surface area contributed by atoms with E-state index in [-0.39, 0.29) is 24.9 Å². The Hall–Kier alpha value is -2.59. The van der Waals surface area contributed by atoms with Crippen molar-refractivity contribution < 1.29 is 18.0 Å². The molecule has 220 valence electrons. The summed E-state index contributed by atoms with van der Waals surface area (Å²) < 4.78 is 27.8. The zero-order valence-electron chi connectivity index (χ0n) is 23.4. The van der Waals surface area contributed by atoms with Crippen molar-refractivity contribution in [2.24, 2.45) is 0 Å². The Balaban J connectivity index is 2.10. The second-order valence-electron chi connectivity index (χ2n) is 9.98. The van der Waals surface area contributed by atoms with Gasteiger partial charge in [-0.1, -0.05) is 82.5 Å². The molecule has 0 aliphatic heterocycles. The van der Waals surface area contributed by atoms with E-state index in [1.54, 1.807) is 36.4 Å². The standard InChI is InChI=1S/C30H34BrCl2N3O4S/c1-5-21(3)34-30(38)28(16-22-9-7-6-8-10-22)35(18-23-11-12-24(32)17-27(23)33)29(37)19-36(41(4,39)40)25-13-14-26(31)20(2)15-25/h6-15,17,21,28H,5,16,18-19H2,1-4H3,(H,34,38)/t21-,28-/m0/s1. The van der Waals surface area contributed by atoms with E-state index in [2.05, 4.69) is 21.2 Å². The average molecular weight is 683 g/mol. The summed E-state index contributed by atoms with van der Waals surface area (Å²) in [5.41, 5.74) is 2.57. The number of carbonyl (C=O) groups excluding carboxylic acids is 2. The van der Waals surface area contributed by atoms with Crippen LogP contribution in [0.2, 0.25) is 10.0 Å². The number of rotatable bonds is 12. The summed E-state index contributed by atoms with van der Waals surface area (Å²) in [5.74, 6) is -0.894. The first-order valence-electron chi connectivity index (χ1n) is 13.1. The van der Waals surface area contributed by atoms with Crippen LogP contribution in [0.4, 0.5) is 5.69 Å². The highest BCUT2D eigenvalue weighted by atomic mass is 79.9. The molecule has 0 saturated heterocycles. The van der Waals surface area contributed by atoms with Gasteiger partial charge in [0.05, 0.1) is 11.9 Å². The van der Waals surface area contributed by atoms with Crippen molar-refractivity contribution in [2.75, 3.05) is 17.1 Å². The molecule has 0 unspecified atom stereocenters. The van der Waals surface area contributed by atoms with Gasteiger partial charge < -0.3 is 10.2 Å². The number of nitrogens with zero attached hydrogens (tertiary/aromatic N) is 2. The third kappa shape index (κ3) is 9.20. The Morgan fingerprint density at radius 1 is 1.02 bits per heavy atom. The van der Waals surface area contributed by atoms with Gasteiger partial charge in [0, 0.05) is 33.5 Å².